The Kier molecular flexibility index (Phi) is 5.81. The van der Waals surface area contributed by atoms with Gasteiger partial charge in [-0.3, -0.25) is 14.5 Å². The molecule has 1 heterocycles. The third-order valence-electron chi connectivity index (χ3n) is 4.39. The van der Waals surface area contributed by atoms with Crippen LogP contribution in [0.5, 0.6) is 0 Å². The van der Waals surface area contributed by atoms with Gasteiger partial charge >= 0.3 is 5.97 Å². The molecule has 2 aromatic carbocycles. The zero-order chi connectivity index (χ0) is 18.7. The summed E-state index contributed by atoms with van der Waals surface area (Å²) in [5.74, 6) is -0.656. The van der Waals surface area contributed by atoms with Gasteiger partial charge in [0.05, 0.1) is 29.4 Å². The van der Waals surface area contributed by atoms with Gasteiger partial charge in [-0.05, 0) is 29.7 Å². The Morgan fingerprint density at radius 3 is 2.42 bits per heavy atom. The molecule has 1 atom stereocenters. The van der Waals surface area contributed by atoms with Crippen molar-refractivity contribution in [3.05, 3.63) is 63.6 Å². The minimum absolute atomic E-state index is 0.0235. The highest BCUT2D eigenvalue weighted by atomic mass is 35.5. The first-order valence-corrected chi connectivity index (χ1v) is 8.87. The van der Waals surface area contributed by atoms with E-state index >= 15 is 0 Å². The summed E-state index contributed by atoms with van der Waals surface area (Å²) in [6.45, 7) is 0.509. The van der Waals surface area contributed by atoms with Crippen molar-refractivity contribution in [1.29, 1.82) is 0 Å². The van der Waals surface area contributed by atoms with Crippen LogP contribution in [0.1, 0.15) is 11.1 Å². The molecule has 136 valence electrons. The standard InChI is InChI=1S/C19H18Cl2N2O3/c1-26-19(25)16-9-12-5-2-3-6-13(12)10-23(16)11-17(24)22-18-14(20)7-4-8-15(18)21/h2-8,16H,9-11H2,1H3,(H,22,24)/t16-/m1/s1. The topological polar surface area (TPSA) is 58.6 Å². The Hall–Kier alpha value is -2.08. The van der Waals surface area contributed by atoms with Crippen LogP contribution in [-0.2, 0) is 27.3 Å². The largest absolute Gasteiger partial charge is 0.468 e. The molecule has 0 bridgehead atoms. The molecule has 3 rings (SSSR count). The molecular formula is C19H18Cl2N2O3. The molecule has 2 aromatic rings. The second-order valence-corrected chi connectivity index (χ2v) is 6.88. The number of benzene rings is 2. The minimum atomic E-state index is -0.512. The number of hydrogen-bond donors (Lipinski definition) is 1. The SMILES string of the molecule is COC(=O)[C@H]1Cc2ccccc2CN1CC(=O)Nc1c(Cl)cccc1Cl. The summed E-state index contributed by atoms with van der Waals surface area (Å²) in [6.07, 6.45) is 0.503. The predicted octanol–water partition coefficient (Wildman–Crippen LogP) is 3.53. The molecule has 1 amide bonds. The van der Waals surface area contributed by atoms with Crippen LogP contribution in [0.15, 0.2) is 42.5 Å². The monoisotopic (exact) mass is 392 g/mol. The van der Waals surface area contributed by atoms with Crippen molar-refractivity contribution in [3.63, 3.8) is 0 Å². The van der Waals surface area contributed by atoms with Crippen molar-refractivity contribution < 1.29 is 14.3 Å². The molecule has 0 aromatic heterocycles. The van der Waals surface area contributed by atoms with Gasteiger partial charge in [0.15, 0.2) is 0 Å². The van der Waals surface area contributed by atoms with E-state index in [1.165, 1.54) is 7.11 Å². The van der Waals surface area contributed by atoms with Gasteiger partial charge in [-0.25, -0.2) is 0 Å². The van der Waals surface area contributed by atoms with E-state index in [-0.39, 0.29) is 18.4 Å². The number of hydrogen-bond acceptors (Lipinski definition) is 4. The van der Waals surface area contributed by atoms with Crippen LogP contribution in [0.4, 0.5) is 5.69 Å². The highest BCUT2D eigenvalue weighted by Crippen LogP contribution is 2.30. The average molecular weight is 393 g/mol. The maximum atomic E-state index is 12.5. The molecule has 7 heteroatoms. The van der Waals surface area contributed by atoms with Gasteiger partial charge in [-0.2, -0.15) is 0 Å². The lowest BCUT2D eigenvalue weighted by atomic mass is 9.94. The Morgan fingerprint density at radius 1 is 1.12 bits per heavy atom. The number of anilines is 1. The summed E-state index contributed by atoms with van der Waals surface area (Å²) in [5, 5.41) is 3.45. The fourth-order valence-electron chi connectivity index (χ4n) is 3.09. The fourth-order valence-corrected chi connectivity index (χ4v) is 3.58. The molecule has 0 unspecified atom stereocenters. The molecular weight excluding hydrogens is 375 g/mol. The molecule has 0 radical (unpaired) electrons. The van der Waals surface area contributed by atoms with Crippen molar-refractivity contribution in [2.75, 3.05) is 19.0 Å². The van der Waals surface area contributed by atoms with Crippen molar-refractivity contribution >= 4 is 40.8 Å². The molecule has 0 spiro atoms. The van der Waals surface area contributed by atoms with Gasteiger partial charge in [0.25, 0.3) is 0 Å². The van der Waals surface area contributed by atoms with Gasteiger partial charge in [0, 0.05) is 6.54 Å². The van der Waals surface area contributed by atoms with E-state index in [9.17, 15) is 9.59 Å². The Labute approximate surface area is 161 Å². The lowest BCUT2D eigenvalue weighted by molar-refractivity contribution is -0.148. The van der Waals surface area contributed by atoms with E-state index in [0.717, 1.165) is 11.1 Å². The Bertz CT molecular complexity index is 821. The molecule has 5 nitrogen and oxygen atoms in total. The van der Waals surface area contributed by atoms with E-state index in [0.29, 0.717) is 28.7 Å². The zero-order valence-electron chi connectivity index (χ0n) is 14.2. The number of ether oxygens (including phenoxy) is 1. The first-order chi connectivity index (χ1) is 12.5. The molecule has 26 heavy (non-hydrogen) atoms. The van der Waals surface area contributed by atoms with Crippen molar-refractivity contribution in [3.8, 4) is 0 Å². The smallest absolute Gasteiger partial charge is 0.323 e. The van der Waals surface area contributed by atoms with E-state index in [4.69, 9.17) is 27.9 Å². The van der Waals surface area contributed by atoms with Crippen LogP contribution < -0.4 is 5.32 Å². The zero-order valence-corrected chi connectivity index (χ0v) is 15.7. The molecule has 1 aliphatic rings. The van der Waals surface area contributed by atoms with E-state index in [2.05, 4.69) is 5.32 Å². The van der Waals surface area contributed by atoms with Gasteiger partial charge in [-0.1, -0.05) is 53.5 Å². The van der Waals surface area contributed by atoms with Gasteiger partial charge < -0.3 is 10.1 Å². The first-order valence-electron chi connectivity index (χ1n) is 8.12. The maximum absolute atomic E-state index is 12.5. The van der Waals surface area contributed by atoms with Crippen LogP contribution in [0.3, 0.4) is 0 Å². The molecule has 1 N–H and O–H groups in total. The number of nitrogens with zero attached hydrogens (tertiary/aromatic N) is 1. The highest BCUT2D eigenvalue weighted by molar-refractivity contribution is 6.39. The summed E-state index contributed by atoms with van der Waals surface area (Å²) in [7, 11) is 1.35. The van der Waals surface area contributed by atoms with Crippen LogP contribution in [-0.4, -0.2) is 36.5 Å². The molecule has 0 aliphatic carbocycles. The van der Waals surface area contributed by atoms with Crippen LogP contribution in [0.25, 0.3) is 0 Å². The number of rotatable bonds is 4. The second-order valence-electron chi connectivity index (χ2n) is 6.06. The summed E-state index contributed by atoms with van der Waals surface area (Å²) in [4.78, 5) is 26.5. The molecule has 0 saturated heterocycles. The lowest BCUT2D eigenvalue weighted by Gasteiger charge is -2.34. The third-order valence-corrected chi connectivity index (χ3v) is 5.02. The number of amides is 1. The van der Waals surface area contributed by atoms with E-state index in [1.54, 1.807) is 23.1 Å². The van der Waals surface area contributed by atoms with Gasteiger partial charge in [0.2, 0.25) is 5.91 Å². The summed E-state index contributed by atoms with van der Waals surface area (Å²) < 4.78 is 4.92. The number of esters is 1. The van der Waals surface area contributed by atoms with E-state index in [1.807, 2.05) is 24.3 Å². The Balaban J connectivity index is 1.78. The summed E-state index contributed by atoms with van der Waals surface area (Å²) >= 11 is 12.2. The van der Waals surface area contributed by atoms with Gasteiger partial charge in [0.1, 0.15) is 6.04 Å². The highest BCUT2D eigenvalue weighted by Gasteiger charge is 2.33. The fraction of sp³-hybridized carbons (Fsp3) is 0.263. The quantitative estimate of drug-likeness (QED) is 0.808. The first kappa shape index (κ1) is 18.7. The van der Waals surface area contributed by atoms with Crippen LogP contribution in [0, 0.1) is 0 Å². The number of carbonyl (C=O) groups is 2. The normalized spacial score (nSPS) is 16.7. The number of nitrogens with one attached hydrogen (secondary N) is 1. The number of fused-ring (bicyclic) bond motifs is 1. The van der Waals surface area contributed by atoms with Crippen LogP contribution in [0.2, 0.25) is 10.0 Å². The van der Waals surface area contributed by atoms with Crippen molar-refractivity contribution in [1.82, 2.24) is 4.90 Å². The lowest BCUT2D eigenvalue weighted by Crippen LogP contribution is -2.49. The van der Waals surface area contributed by atoms with Crippen molar-refractivity contribution in [2.45, 2.75) is 19.0 Å². The summed E-state index contributed by atoms with van der Waals surface area (Å²) in [5.41, 5.74) is 2.55. The molecule has 1 aliphatic heterocycles. The molecule has 0 fully saturated rings. The van der Waals surface area contributed by atoms with E-state index < -0.39 is 6.04 Å². The molecule has 0 saturated carbocycles. The third kappa shape index (κ3) is 4.01. The summed E-state index contributed by atoms with van der Waals surface area (Å²) in [6, 6.07) is 12.4. The Morgan fingerprint density at radius 2 is 1.77 bits per heavy atom. The number of carbonyl (C=O) groups excluding carboxylic acids is 2. The minimum Gasteiger partial charge on any atom is -0.468 e. The number of para-hydroxylation sites is 1. The second kappa shape index (κ2) is 8.08. The predicted molar refractivity (Wildman–Crippen MR) is 101 cm³/mol. The number of methoxy groups -OCH3 is 1. The van der Waals surface area contributed by atoms with Gasteiger partial charge in [-0.15, -0.1) is 0 Å². The average Bonchev–Trinajstić information content (AvgIpc) is 2.63. The van der Waals surface area contributed by atoms with Crippen LogP contribution >= 0.6 is 23.2 Å². The number of halogens is 2. The van der Waals surface area contributed by atoms with Crippen molar-refractivity contribution in [2.24, 2.45) is 0 Å². The maximum Gasteiger partial charge on any atom is 0.323 e.